The predicted molar refractivity (Wildman–Crippen MR) is 109 cm³/mol. The van der Waals surface area contributed by atoms with E-state index in [1.165, 1.54) is 5.56 Å². The maximum absolute atomic E-state index is 5.37. The molecule has 0 spiro atoms. The van der Waals surface area contributed by atoms with Gasteiger partial charge in [-0.15, -0.1) is 0 Å². The number of ether oxygens (including phenoxy) is 2. The minimum atomic E-state index is 0.675. The highest BCUT2D eigenvalue weighted by molar-refractivity contribution is 5.88. The number of methoxy groups -OCH3 is 2. The van der Waals surface area contributed by atoms with Crippen LogP contribution in [0.2, 0.25) is 0 Å². The molecular weight excluding hydrogens is 338 g/mol. The van der Waals surface area contributed by atoms with Crippen LogP contribution in [0.1, 0.15) is 0 Å². The number of hydrogen-bond donors (Lipinski definition) is 1. The van der Waals surface area contributed by atoms with E-state index in [9.17, 15) is 0 Å². The van der Waals surface area contributed by atoms with Gasteiger partial charge in [0.15, 0.2) is 11.5 Å². The number of pyridine rings is 1. The van der Waals surface area contributed by atoms with Gasteiger partial charge < -0.3 is 19.4 Å². The molecule has 4 rings (SSSR count). The third-order valence-corrected chi connectivity index (χ3v) is 4.65. The van der Waals surface area contributed by atoms with E-state index in [2.05, 4.69) is 58.3 Å². The van der Waals surface area contributed by atoms with E-state index in [0.717, 1.165) is 28.1 Å². The monoisotopic (exact) mass is 359 g/mol. The van der Waals surface area contributed by atoms with E-state index in [0.29, 0.717) is 11.5 Å². The largest absolute Gasteiger partial charge is 0.493 e. The lowest BCUT2D eigenvalue weighted by atomic mass is 10.1. The van der Waals surface area contributed by atoms with E-state index in [1.807, 2.05) is 30.5 Å². The summed E-state index contributed by atoms with van der Waals surface area (Å²) in [6, 6.07) is 20.3. The number of aromatic nitrogens is 2. The Bertz CT molecular complexity index is 1090. The van der Waals surface area contributed by atoms with Crippen molar-refractivity contribution in [2.45, 2.75) is 0 Å². The molecule has 0 amide bonds. The molecule has 2 aromatic heterocycles. The summed E-state index contributed by atoms with van der Waals surface area (Å²) in [6.45, 7) is 0. The first kappa shape index (κ1) is 17.0. The van der Waals surface area contributed by atoms with Gasteiger partial charge in [-0.05, 0) is 23.8 Å². The third-order valence-electron chi connectivity index (χ3n) is 4.65. The Morgan fingerprint density at radius 3 is 2.41 bits per heavy atom. The second kappa shape index (κ2) is 7.03. The van der Waals surface area contributed by atoms with Crippen LogP contribution in [0.4, 0.5) is 11.5 Å². The summed E-state index contributed by atoms with van der Waals surface area (Å²) >= 11 is 0. The molecule has 2 aromatic carbocycles. The average Bonchev–Trinajstić information content (AvgIpc) is 3.05. The maximum atomic E-state index is 5.37. The molecule has 1 N–H and O–H groups in total. The van der Waals surface area contributed by atoms with Crippen LogP contribution in [0, 0.1) is 0 Å². The highest BCUT2D eigenvalue weighted by Crippen LogP contribution is 2.32. The SMILES string of the molecule is COc1ccc(Nc2cc3c(cn2)cc(-c2ccccc2)n3C)cc1OC. The van der Waals surface area contributed by atoms with Gasteiger partial charge in [-0.3, -0.25) is 0 Å². The van der Waals surface area contributed by atoms with Crippen molar-refractivity contribution in [3.63, 3.8) is 0 Å². The number of nitrogens with one attached hydrogen (secondary N) is 1. The van der Waals surface area contributed by atoms with Gasteiger partial charge in [-0.2, -0.15) is 0 Å². The normalized spacial score (nSPS) is 10.8. The second-order valence-corrected chi connectivity index (χ2v) is 6.28. The lowest BCUT2D eigenvalue weighted by molar-refractivity contribution is 0.355. The van der Waals surface area contributed by atoms with Gasteiger partial charge in [-0.25, -0.2) is 4.98 Å². The van der Waals surface area contributed by atoms with Gasteiger partial charge in [0, 0.05) is 42.1 Å². The number of benzene rings is 2. The Hall–Kier alpha value is -3.47. The van der Waals surface area contributed by atoms with Gasteiger partial charge in [0.2, 0.25) is 0 Å². The lowest BCUT2D eigenvalue weighted by Crippen LogP contribution is -1.97. The number of nitrogens with zero attached hydrogens (tertiary/aromatic N) is 2. The van der Waals surface area contributed by atoms with E-state index in [1.54, 1.807) is 14.2 Å². The van der Waals surface area contributed by atoms with Crippen molar-refractivity contribution in [3.8, 4) is 22.8 Å². The Kier molecular flexibility index (Phi) is 4.42. The molecule has 0 bridgehead atoms. The highest BCUT2D eigenvalue weighted by Gasteiger charge is 2.10. The zero-order chi connectivity index (χ0) is 18.8. The molecule has 0 unspecified atom stereocenters. The number of anilines is 2. The fourth-order valence-electron chi connectivity index (χ4n) is 3.25. The first-order valence-corrected chi connectivity index (χ1v) is 8.69. The number of rotatable bonds is 5. The van der Waals surface area contributed by atoms with Crippen LogP contribution in [-0.2, 0) is 7.05 Å². The van der Waals surface area contributed by atoms with Gasteiger partial charge in [0.25, 0.3) is 0 Å². The summed E-state index contributed by atoms with van der Waals surface area (Å²) in [5, 5.41) is 4.44. The molecule has 0 atom stereocenters. The molecule has 0 fully saturated rings. The van der Waals surface area contributed by atoms with Crippen molar-refractivity contribution < 1.29 is 9.47 Å². The topological polar surface area (TPSA) is 48.3 Å². The van der Waals surface area contributed by atoms with Crippen LogP contribution in [0.3, 0.4) is 0 Å². The molecule has 0 aliphatic carbocycles. The summed E-state index contributed by atoms with van der Waals surface area (Å²) in [5.74, 6) is 2.14. The predicted octanol–water partition coefficient (Wildman–Crippen LogP) is 5.00. The summed E-state index contributed by atoms with van der Waals surface area (Å²) < 4.78 is 12.8. The quantitative estimate of drug-likeness (QED) is 0.545. The molecule has 0 saturated carbocycles. The van der Waals surface area contributed by atoms with Crippen molar-refractivity contribution in [2.75, 3.05) is 19.5 Å². The zero-order valence-corrected chi connectivity index (χ0v) is 15.6. The molecule has 136 valence electrons. The molecule has 4 aromatic rings. The standard InChI is InChI=1S/C22H21N3O2/c1-25-18(15-7-5-4-6-8-15)11-16-14-23-22(13-19(16)25)24-17-9-10-20(26-2)21(12-17)27-3/h4-14H,1-3H3,(H,23,24). The van der Waals surface area contributed by atoms with Gasteiger partial charge >= 0.3 is 0 Å². The van der Waals surface area contributed by atoms with Crippen LogP contribution in [0.15, 0.2) is 66.9 Å². The van der Waals surface area contributed by atoms with Gasteiger partial charge in [-0.1, -0.05) is 30.3 Å². The summed E-state index contributed by atoms with van der Waals surface area (Å²) in [5.41, 5.74) is 4.35. The fraction of sp³-hybridized carbons (Fsp3) is 0.136. The Balaban J connectivity index is 1.69. The van der Waals surface area contributed by atoms with Gasteiger partial charge in [0.05, 0.1) is 19.7 Å². The van der Waals surface area contributed by atoms with Crippen molar-refractivity contribution in [1.29, 1.82) is 0 Å². The van der Waals surface area contributed by atoms with Crippen LogP contribution >= 0.6 is 0 Å². The van der Waals surface area contributed by atoms with E-state index in [4.69, 9.17) is 9.47 Å². The second-order valence-electron chi connectivity index (χ2n) is 6.28. The molecule has 0 aliphatic heterocycles. The van der Waals surface area contributed by atoms with Crippen molar-refractivity contribution in [2.24, 2.45) is 7.05 Å². The molecule has 5 nitrogen and oxygen atoms in total. The maximum Gasteiger partial charge on any atom is 0.162 e. The first-order valence-electron chi connectivity index (χ1n) is 8.69. The first-order chi connectivity index (χ1) is 13.2. The van der Waals surface area contributed by atoms with E-state index in [-0.39, 0.29) is 0 Å². The van der Waals surface area contributed by atoms with E-state index < -0.39 is 0 Å². The van der Waals surface area contributed by atoms with Crippen molar-refractivity contribution >= 4 is 22.4 Å². The third kappa shape index (κ3) is 3.19. The summed E-state index contributed by atoms with van der Waals surface area (Å²) in [4.78, 5) is 4.55. The Morgan fingerprint density at radius 2 is 1.67 bits per heavy atom. The molecule has 27 heavy (non-hydrogen) atoms. The summed E-state index contributed by atoms with van der Waals surface area (Å²) in [7, 11) is 5.33. The molecule has 0 saturated heterocycles. The minimum Gasteiger partial charge on any atom is -0.493 e. The molecule has 5 heteroatoms. The Morgan fingerprint density at radius 1 is 0.889 bits per heavy atom. The molecule has 2 heterocycles. The molecular formula is C22H21N3O2. The smallest absolute Gasteiger partial charge is 0.162 e. The van der Waals surface area contributed by atoms with Crippen LogP contribution in [0.5, 0.6) is 11.5 Å². The molecule has 0 aliphatic rings. The Labute approximate surface area is 158 Å². The fourth-order valence-corrected chi connectivity index (χ4v) is 3.25. The van der Waals surface area contributed by atoms with E-state index >= 15 is 0 Å². The summed E-state index contributed by atoms with van der Waals surface area (Å²) in [6.07, 6.45) is 1.89. The van der Waals surface area contributed by atoms with Gasteiger partial charge in [0.1, 0.15) is 5.82 Å². The number of fused-ring (bicyclic) bond motifs is 1. The lowest BCUT2D eigenvalue weighted by Gasteiger charge is -2.11. The number of hydrogen-bond acceptors (Lipinski definition) is 4. The average molecular weight is 359 g/mol. The van der Waals surface area contributed by atoms with Crippen LogP contribution in [0.25, 0.3) is 22.2 Å². The molecule has 0 radical (unpaired) electrons. The van der Waals surface area contributed by atoms with Crippen LogP contribution in [-0.4, -0.2) is 23.8 Å². The minimum absolute atomic E-state index is 0.675. The van der Waals surface area contributed by atoms with Crippen LogP contribution < -0.4 is 14.8 Å². The number of aryl methyl sites for hydroxylation is 1. The zero-order valence-electron chi connectivity index (χ0n) is 15.6. The van der Waals surface area contributed by atoms with Crippen molar-refractivity contribution in [3.05, 3.63) is 66.9 Å². The van der Waals surface area contributed by atoms with Crippen molar-refractivity contribution in [1.82, 2.24) is 9.55 Å². The highest BCUT2D eigenvalue weighted by atomic mass is 16.5.